The molecule has 0 saturated heterocycles. The lowest BCUT2D eigenvalue weighted by Gasteiger charge is -2.23. The van der Waals surface area contributed by atoms with Crippen molar-refractivity contribution in [1.29, 1.82) is 0 Å². The van der Waals surface area contributed by atoms with Crippen LogP contribution in [0.3, 0.4) is 0 Å². The number of nitrogens with zero attached hydrogens (tertiary/aromatic N) is 6. The number of ether oxygens (including phenoxy) is 1. The van der Waals surface area contributed by atoms with E-state index < -0.39 is 5.82 Å². The third-order valence-corrected chi connectivity index (χ3v) is 6.36. The summed E-state index contributed by atoms with van der Waals surface area (Å²) in [6, 6.07) is 0. The van der Waals surface area contributed by atoms with Gasteiger partial charge in [-0.2, -0.15) is 5.10 Å². The van der Waals surface area contributed by atoms with E-state index in [0.29, 0.717) is 47.5 Å². The molecule has 3 heterocycles. The maximum absolute atomic E-state index is 15.0. The molecular formula is C17H13BrClFN6OS. The van der Waals surface area contributed by atoms with Crippen LogP contribution < -0.4 is 9.64 Å². The Labute approximate surface area is 177 Å². The molecule has 2 aromatic heterocycles. The molecule has 0 amide bonds. The fourth-order valence-electron chi connectivity index (χ4n) is 3.09. The van der Waals surface area contributed by atoms with Crippen molar-refractivity contribution in [2.45, 2.75) is 11.7 Å². The molecule has 0 spiro atoms. The van der Waals surface area contributed by atoms with E-state index in [1.165, 1.54) is 18.0 Å². The summed E-state index contributed by atoms with van der Waals surface area (Å²) in [5.41, 5.74) is 1.34. The Balaban J connectivity index is 1.97. The number of halogens is 3. The molecule has 4 rings (SSSR count). The van der Waals surface area contributed by atoms with Crippen LogP contribution in [0.25, 0.3) is 15.7 Å². The predicted molar refractivity (Wildman–Crippen MR) is 110 cm³/mol. The molecule has 11 heteroatoms. The molecule has 0 fully saturated rings. The predicted octanol–water partition coefficient (Wildman–Crippen LogP) is 4.59. The minimum Gasteiger partial charge on any atom is -0.489 e. The van der Waals surface area contributed by atoms with E-state index >= 15 is 0 Å². The van der Waals surface area contributed by atoms with E-state index in [9.17, 15) is 4.39 Å². The maximum Gasteiger partial charge on any atom is 0.229 e. The Morgan fingerprint density at radius 2 is 2.25 bits per heavy atom. The first-order valence-corrected chi connectivity index (χ1v) is 10.5. The van der Waals surface area contributed by atoms with E-state index in [-0.39, 0.29) is 15.0 Å². The molecule has 0 radical (unpaired) electrons. The van der Waals surface area contributed by atoms with Crippen LogP contribution in [0.1, 0.15) is 5.69 Å². The van der Waals surface area contributed by atoms with E-state index in [2.05, 4.69) is 35.8 Å². The molecule has 1 aromatic carbocycles. The van der Waals surface area contributed by atoms with Crippen molar-refractivity contribution < 1.29 is 9.13 Å². The highest BCUT2D eigenvalue weighted by Crippen LogP contribution is 2.46. The van der Waals surface area contributed by atoms with E-state index in [1.54, 1.807) is 11.7 Å². The van der Waals surface area contributed by atoms with Gasteiger partial charge in [-0.3, -0.25) is 4.68 Å². The van der Waals surface area contributed by atoms with Crippen LogP contribution in [0.4, 0.5) is 15.9 Å². The van der Waals surface area contributed by atoms with Gasteiger partial charge in [-0.15, -0.1) is 0 Å². The largest absolute Gasteiger partial charge is 0.489 e. The molecule has 0 bridgehead atoms. The first kappa shape index (κ1) is 19.2. The quantitative estimate of drug-likeness (QED) is 0.235. The first-order chi connectivity index (χ1) is 13.5. The van der Waals surface area contributed by atoms with E-state index in [0.717, 1.165) is 5.69 Å². The van der Waals surface area contributed by atoms with Crippen LogP contribution in [0.2, 0.25) is 5.02 Å². The minimum atomic E-state index is -0.560. The second kappa shape index (κ2) is 7.39. The van der Waals surface area contributed by atoms with Crippen molar-refractivity contribution in [1.82, 2.24) is 19.7 Å². The highest BCUT2D eigenvalue weighted by Gasteiger charge is 2.29. The lowest BCUT2D eigenvalue weighted by Crippen LogP contribution is -2.28. The van der Waals surface area contributed by atoms with Crippen molar-refractivity contribution in [2.75, 3.05) is 24.3 Å². The number of benzene rings is 1. The van der Waals surface area contributed by atoms with Crippen LogP contribution in [0.5, 0.6) is 5.75 Å². The maximum atomic E-state index is 15.0. The number of hydrogen-bond acceptors (Lipinski definition) is 6. The third kappa shape index (κ3) is 2.98. The highest BCUT2D eigenvalue weighted by molar-refractivity contribution is 9.10. The number of hydrogen-bond donors (Lipinski definition) is 0. The van der Waals surface area contributed by atoms with Gasteiger partial charge in [-0.25, -0.2) is 19.2 Å². The normalized spacial score (nSPS) is 13.4. The zero-order valence-electron chi connectivity index (χ0n) is 14.8. The number of thioether (sulfide) groups is 1. The lowest BCUT2D eigenvalue weighted by atomic mass is 10.2. The van der Waals surface area contributed by atoms with Crippen molar-refractivity contribution in [3.8, 4) is 5.75 Å². The van der Waals surface area contributed by atoms with Crippen LogP contribution in [0.15, 0.2) is 15.8 Å². The van der Waals surface area contributed by atoms with Gasteiger partial charge in [0.25, 0.3) is 0 Å². The van der Waals surface area contributed by atoms with Crippen LogP contribution in [-0.4, -0.2) is 39.2 Å². The number of aryl methyl sites for hydroxylation is 1. The summed E-state index contributed by atoms with van der Waals surface area (Å²) in [5.74, 6) is 0.313. The summed E-state index contributed by atoms with van der Waals surface area (Å²) in [4.78, 5) is 14.4. The third-order valence-electron chi connectivity index (χ3n) is 4.48. The summed E-state index contributed by atoms with van der Waals surface area (Å²) >= 11 is 10.9. The minimum absolute atomic E-state index is 0.115. The average molecular weight is 484 g/mol. The van der Waals surface area contributed by atoms with Gasteiger partial charge < -0.3 is 9.64 Å². The van der Waals surface area contributed by atoms with E-state index in [1.807, 2.05) is 11.2 Å². The molecule has 7 nitrogen and oxygen atoms in total. The molecule has 1 aliphatic heterocycles. The Morgan fingerprint density at radius 1 is 1.46 bits per heavy atom. The van der Waals surface area contributed by atoms with Gasteiger partial charge in [0.2, 0.25) is 5.69 Å². The zero-order chi connectivity index (χ0) is 20.0. The lowest BCUT2D eigenvalue weighted by molar-refractivity contribution is 0.330. The van der Waals surface area contributed by atoms with Crippen LogP contribution in [0, 0.1) is 12.4 Å². The Bertz CT molecular complexity index is 1150. The number of aromatic nitrogens is 4. The van der Waals surface area contributed by atoms with Gasteiger partial charge >= 0.3 is 0 Å². The molecule has 144 valence electrons. The Morgan fingerprint density at radius 3 is 2.96 bits per heavy atom. The van der Waals surface area contributed by atoms with Gasteiger partial charge in [0.1, 0.15) is 23.0 Å². The summed E-state index contributed by atoms with van der Waals surface area (Å²) in [7, 11) is 1.78. The summed E-state index contributed by atoms with van der Waals surface area (Å²) in [6.45, 7) is 8.53. The molecular weight excluding hydrogens is 471 g/mol. The SMILES string of the molecule is [C-]#[N+]c1cnn(C)c1CN1CCOc2c(Cl)c(Br)c(F)c3nc(SC)nc1c23. The van der Waals surface area contributed by atoms with Crippen LogP contribution >= 0.6 is 39.3 Å². The van der Waals surface area contributed by atoms with Gasteiger partial charge in [0.05, 0.1) is 41.4 Å². The standard InChI is InChI=1S/C17H13BrClFN6OS/c1-21-8-6-22-25(2)9(8)7-26-4-5-27-15-10-14(13(20)11(18)12(15)19)23-17(28-3)24-16(10)26/h6H,4-5,7H2,2-3H3. The zero-order valence-corrected chi connectivity index (χ0v) is 18.0. The summed E-state index contributed by atoms with van der Waals surface area (Å²) in [6.07, 6.45) is 3.36. The van der Waals surface area contributed by atoms with Gasteiger partial charge in [-0.05, 0) is 22.2 Å². The average Bonchev–Trinajstić information content (AvgIpc) is 2.95. The number of rotatable bonds is 3. The van der Waals surface area contributed by atoms with Crippen molar-refractivity contribution in [3.63, 3.8) is 0 Å². The van der Waals surface area contributed by atoms with Crippen molar-refractivity contribution in [2.24, 2.45) is 7.05 Å². The summed E-state index contributed by atoms with van der Waals surface area (Å²) < 4.78 is 22.6. The van der Waals surface area contributed by atoms with Crippen molar-refractivity contribution in [3.05, 3.63) is 38.6 Å². The molecule has 28 heavy (non-hydrogen) atoms. The van der Waals surface area contributed by atoms with E-state index in [4.69, 9.17) is 22.9 Å². The fraction of sp³-hybridized carbons (Fsp3) is 0.294. The smallest absolute Gasteiger partial charge is 0.229 e. The van der Waals surface area contributed by atoms with Gasteiger partial charge in [0, 0.05) is 7.05 Å². The molecule has 3 aromatic rings. The summed E-state index contributed by atoms with van der Waals surface area (Å²) in [5, 5.41) is 5.17. The van der Waals surface area contributed by atoms with Crippen molar-refractivity contribution >= 4 is 61.7 Å². The fourth-order valence-corrected chi connectivity index (χ4v) is 4.05. The van der Waals surface area contributed by atoms with Gasteiger partial charge in [0.15, 0.2) is 16.7 Å². The van der Waals surface area contributed by atoms with Crippen LogP contribution in [-0.2, 0) is 13.6 Å². The number of anilines is 1. The first-order valence-electron chi connectivity index (χ1n) is 8.14. The molecule has 0 N–H and O–H groups in total. The van der Waals surface area contributed by atoms with Gasteiger partial charge in [-0.1, -0.05) is 23.4 Å². The molecule has 1 aliphatic rings. The topological polar surface area (TPSA) is 60.4 Å². The highest BCUT2D eigenvalue weighted by atomic mass is 79.9. The monoisotopic (exact) mass is 482 g/mol. The molecule has 0 unspecified atom stereocenters. The molecule has 0 aliphatic carbocycles. The molecule has 0 atom stereocenters. The second-order valence-corrected chi connectivity index (χ2v) is 7.95. The second-order valence-electron chi connectivity index (χ2n) is 6.01. The Hall–Kier alpha value is -2.09. The molecule has 0 saturated carbocycles. The Kier molecular flexibility index (Phi) is 5.07.